The zero-order valence-corrected chi connectivity index (χ0v) is 17.9. The van der Waals surface area contributed by atoms with Gasteiger partial charge >= 0.3 is 0 Å². The Morgan fingerprint density at radius 2 is 1.84 bits per heavy atom. The average molecular weight is 457 g/mol. The molecule has 1 aromatic heterocycles. The lowest BCUT2D eigenvalue weighted by molar-refractivity contribution is -0.127. The van der Waals surface area contributed by atoms with Crippen LogP contribution >= 0.6 is 0 Å². The van der Waals surface area contributed by atoms with Crippen molar-refractivity contribution in [3.63, 3.8) is 0 Å². The van der Waals surface area contributed by atoms with Crippen LogP contribution in [0.5, 0.6) is 0 Å². The van der Waals surface area contributed by atoms with Gasteiger partial charge in [-0.3, -0.25) is 4.79 Å². The zero-order valence-electron chi connectivity index (χ0n) is 17.1. The van der Waals surface area contributed by atoms with E-state index in [2.05, 4.69) is 15.3 Å². The van der Waals surface area contributed by atoms with Gasteiger partial charge in [-0.25, -0.2) is 27.2 Å². The molecule has 1 aromatic rings. The molecule has 4 aliphatic carbocycles. The highest BCUT2D eigenvalue weighted by molar-refractivity contribution is 7.91. The van der Waals surface area contributed by atoms with Crippen LogP contribution in [0.3, 0.4) is 0 Å². The van der Waals surface area contributed by atoms with Crippen molar-refractivity contribution in [2.24, 2.45) is 11.8 Å². The fourth-order valence-electron chi connectivity index (χ4n) is 6.47. The molecule has 8 nitrogen and oxygen atoms in total. The van der Waals surface area contributed by atoms with Crippen molar-refractivity contribution >= 4 is 21.7 Å². The van der Waals surface area contributed by atoms with E-state index in [1.54, 1.807) is 0 Å². The van der Waals surface area contributed by atoms with Gasteiger partial charge in [-0.1, -0.05) is 0 Å². The average Bonchev–Trinajstić information content (AvgIpc) is 2.65. The molecule has 2 heterocycles. The number of anilines is 1. The van der Waals surface area contributed by atoms with Gasteiger partial charge in [-0.05, 0) is 50.4 Å². The Balaban J connectivity index is 1.38. The van der Waals surface area contributed by atoms with E-state index in [9.17, 15) is 27.1 Å². The predicted molar refractivity (Wildman–Crippen MR) is 108 cm³/mol. The standard InChI is InChI=1S/C20H26F2N4O4S/c21-16(22)15-14(17(27)26-1-3-31(29,30)4-2-26)10-23-18(24-15)25-19-6-12-5-13(7-19)9-20(28,8-12)11-19/h10,12-13,16,28H,1-9,11H2,(H,23,24,25). The number of hydrogen-bond donors (Lipinski definition) is 2. The first kappa shape index (κ1) is 21.0. The molecule has 1 amide bonds. The van der Waals surface area contributed by atoms with Crippen LogP contribution < -0.4 is 5.32 Å². The van der Waals surface area contributed by atoms with Crippen molar-refractivity contribution in [1.29, 1.82) is 0 Å². The second-order valence-electron chi connectivity index (χ2n) is 9.83. The number of sulfone groups is 1. The smallest absolute Gasteiger partial charge is 0.281 e. The van der Waals surface area contributed by atoms with Crippen LogP contribution in [0, 0.1) is 11.8 Å². The number of aromatic nitrogens is 2. The molecular formula is C20H26F2N4O4S. The van der Waals surface area contributed by atoms with Gasteiger partial charge in [0.05, 0.1) is 22.7 Å². The van der Waals surface area contributed by atoms with Crippen molar-refractivity contribution < 1.29 is 27.1 Å². The SMILES string of the molecule is O=C(c1cnc(NC23CC4CC(CC(O)(C4)C2)C3)nc1C(F)F)N1CCS(=O)(=O)CC1. The maximum absolute atomic E-state index is 13.8. The molecule has 2 unspecified atom stereocenters. The normalized spacial score (nSPS) is 36.1. The Bertz CT molecular complexity index is 990. The molecule has 6 rings (SSSR count). The van der Waals surface area contributed by atoms with E-state index in [1.807, 2.05) is 0 Å². The monoisotopic (exact) mass is 456 g/mol. The van der Waals surface area contributed by atoms with E-state index >= 15 is 0 Å². The molecule has 5 fully saturated rings. The van der Waals surface area contributed by atoms with Gasteiger partial charge in [0.25, 0.3) is 12.3 Å². The third kappa shape index (κ3) is 3.90. The molecule has 0 aromatic carbocycles. The van der Waals surface area contributed by atoms with Crippen LogP contribution in [0.1, 0.15) is 61.0 Å². The van der Waals surface area contributed by atoms with Gasteiger partial charge in [0.2, 0.25) is 5.95 Å². The molecule has 5 aliphatic rings. The molecule has 1 saturated heterocycles. The molecule has 31 heavy (non-hydrogen) atoms. The van der Waals surface area contributed by atoms with E-state index in [1.165, 1.54) is 4.90 Å². The lowest BCUT2D eigenvalue weighted by Crippen LogP contribution is -2.62. The van der Waals surface area contributed by atoms with Crippen molar-refractivity contribution in [3.8, 4) is 0 Å². The maximum Gasteiger partial charge on any atom is 0.281 e. The highest BCUT2D eigenvalue weighted by Gasteiger charge is 2.57. The summed E-state index contributed by atoms with van der Waals surface area (Å²) >= 11 is 0. The fraction of sp³-hybridized carbons (Fsp3) is 0.750. The number of halogens is 2. The summed E-state index contributed by atoms with van der Waals surface area (Å²) in [4.78, 5) is 22.2. The molecule has 4 bridgehead atoms. The molecule has 11 heteroatoms. The van der Waals surface area contributed by atoms with E-state index in [4.69, 9.17) is 0 Å². The first-order valence-corrected chi connectivity index (χ1v) is 12.5. The molecule has 2 N–H and O–H groups in total. The second kappa shape index (κ2) is 7.06. The number of carbonyl (C=O) groups excluding carboxylic acids is 1. The summed E-state index contributed by atoms with van der Waals surface area (Å²) in [5, 5.41) is 14.1. The highest BCUT2D eigenvalue weighted by Crippen LogP contribution is 2.58. The third-order valence-electron chi connectivity index (χ3n) is 7.29. The Hall–Kier alpha value is -1.88. The molecule has 1 aliphatic heterocycles. The quantitative estimate of drug-likeness (QED) is 0.710. The van der Waals surface area contributed by atoms with Gasteiger partial charge in [-0.2, -0.15) is 0 Å². The van der Waals surface area contributed by atoms with Gasteiger partial charge in [-0.15, -0.1) is 0 Å². The summed E-state index contributed by atoms with van der Waals surface area (Å²) in [6.45, 7) is -0.0668. The van der Waals surface area contributed by atoms with Crippen LogP contribution in [-0.4, -0.2) is 70.0 Å². The predicted octanol–water partition coefficient (Wildman–Crippen LogP) is 1.78. The first-order chi connectivity index (χ1) is 14.6. The fourth-order valence-corrected chi connectivity index (χ4v) is 7.67. The number of nitrogens with one attached hydrogen (secondary N) is 1. The minimum absolute atomic E-state index is 0.0334. The van der Waals surface area contributed by atoms with Gasteiger partial charge in [0.1, 0.15) is 5.69 Å². The number of aliphatic hydroxyl groups is 1. The number of hydrogen-bond acceptors (Lipinski definition) is 7. The van der Waals surface area contributed by atoms with E-state index in [-0.39, 0.29) is 36.1 Å². The third-order valence-corrected chi connectivity index (χ3v) is 8.90. The number of alkyl halides is 2. The number of rotatable bonds is 4. The Labute approximate surface area is 179 Å². The Morgan fingerprint density at radius 3 is 2.42 bits per heavy atom. The van der Waals surface area contributed by atoms with Crippen molar-refractivity contribution in [2.45, 2.75) is 56.1 Å². The molecular weight excluding hydrogens is 430 g/mol. The Kier molecular flexibility index (Phi) is 4.78. The highest BCUT2D eigenvalue weighted by atomic mass is 32.2. The molecule has 0 spiro atoms. The molecule has 4 saturated carbocycles. The van der Waals surface area contributed by atoms with Gasteiger partial charge in [0, 0.05) is 24.8 Å². The van der Waals surface area contributed by atoms with Crippen LogP contribution in [0.4, 0.5) is 14.7 Å². The van der Waals surface area contributed by atoms with Crippen LogP contribution in [0.25, 0.3) is 0 Å². The van der Waals surface area contributed by atoms with Crippen molar-refractivity contribution in [1.82, 2.24) is 14.9 Å². The van der Waals surface area contributed by atoms with Gasteiger partial charge < -0.3 is 15.3 Å². The lowest BCUT2D eigenvalue weighted by Gasteiger charge is -2.60. The number of amides is 1. The van der Waals surface area contributed by atoms with E-state index in [0.717, 1.165) is 38.3 Å². The molecule has 170 valence electrons. The number of carbonyl (C=O) groups is 1. The summed E-state index contributed by atoms with van der Waals surface area (Å²) in [6.07, 6.45) is 3.04. The van der Waals surface area contributed by atoms with E-state index < -0.39 is 39.0 Å². The minimum atomic E-state index is -3.20. The zero-order chi connectivity index (χ0) is 22.0. The summed E-state index contributed by atoms with van der Waals surface area (Å²) in [5.74, 6) is -0.192. The molecule has 0 radical (unpaired) electrons. The summed E-state index contributed by atoms with van der Waals surface area (Å²) in [6, 6.07) is 0. The van der Waals surface area contributed by atoms with Crippen LogP contribution in [0.2, 0.25) is 0 Å². The van der Waals surface area contributed by atoms with Crippen LogP contribution in [-0.2, 0) is 9.84 Å². The topological polar surface area (TPSA) is 112 Å². The first-order valence-electron chi connectivity index (χ1n) is 10.7. The largest absolute Gasteiger partial charge is 0.390 e. The summed E-state index contributed by atoms with van der Waals surface area (Å²) in [7, 11) is -3.20. The Morgan fingerprint density at radius 1 is 1.19 bits per heavy atom. The number of nitrogens with zero attached hydrogens (tertiary/aromatic N) is 3. The maximum atomic E-state index is 13.8. The summed E-state index contributed by atoms with van der Waals surface area (Å²) in [5.41, 5.74) is -2.08. The lowest BCUT2D eigenvalue weighted by atomic mass is 9.51. The molecule has 2 atom stereocenters. The van der Waals surface area contributed by atoms with Crippen molar-refractivity contribution in [2.75, 3.05) is 29.9 Å². The minimum Gasteiger partial charge on any atom is -0.390 e. The van der Waals surface area contributed by atoms with Crippen molar-refractivity contribution in [3.05, 3.63) is 17.5 Å². The summed E-state index contributed by atoms with van der Waals surface area (Å²) < 4.78 is 50.8. The second-order valence-corrected chi connectivity index (χ2v) is 12.1. The van der Waals surface area contributed by atoms with E-state index in [0.29, 0.717) is 18.3 Å². The van der Waals surface area contributed by atoms with Gasteiger partial charge in [0.15, 0.2) is 9.84 Å². The van der Waals surface area contributed by atoms with Crippen LogP contribution in [0.15, 0.2) is 6.20 Å².